The predicted molar refractivity (Wildman–Crippen MR) is 122 cm³/mol. The van der Waals surface area contributed by atoms with Gasteiger partial charge in [0, 0.05) is 38.2 Å². The standard InChI is InChI=1S/C22H30ClF4N3O3S/c1-3-34(32,33)30-13-11-29(12-14-30)21(9-10-22(26,27)17(15-21)20(2,24)25)19(23)28-18(31)16-7-5-4-6-8-16/h4-8,17,19H,3,9-15H2,1-2H3,(H,28,31). The summed E-state index contributed by atoms with van der Waals surface area (Å²) in [5, 5.41) is 2.62. The first kappa shape index (κ1) is 27.2. The number of piperazine rings is 1. The number of alkyl halides is 5. The van der Waals surface area contributed by atoms with Crippen molar-refractivity contribution in [3.8, 4) is 0 Å². The van der Waals surface area contributed by atoms with Crippen LogP contribution in [-0.2, 0) is 10.0 Å². The first-order valence-corrected chi connectivity index (χ1v) is 13.3. The van der Waals surface area contributed by atoms with Crippen LogP contribution in [0.25, 0.3) is 0 Å². The molecule has 3 unspecified atom stereocenters. The van der Waals surface area contributed by atoms with Gasteiger partial charge in [-0.05, 0) is 38.8 Å². The molecule has 3 rings (SSSR count). The molecule has 34 heavy (non-hydrogen) atoms. The van der Waals surface area contributed by atoms with Crippen LogP contribution in [0.4, 0.5) is 17.6 Å². The molecule has 0 aromatic heterocycles. The number of sulfonamides is 1. The molecule has 1 aliphatic heterocycles. The second-order valence-corrected chi connectivity index (χ2v) is 11.8. The van der Waals surface area contributed by atoms with Gasteiger partial charge in [0.2, 0.25) is 10.0 Å². The second-order valence-electron chi connectivity index (χ2n) is 9.07. The zero-order chi connectivity index (χ0) is 25.4. The number of carbonyl (C=O) groups excluding carboxylic acids is 1. The fourth-order valence-electron chi connectivity index (χ4n) is 4.91. The molecular formula is C22H30ClF4N3O3S. The highest BCUT2D eigenvalue weighted by Crippen LogP contribution is 2.52. The maximum absolute atomic E-state index is 14.6. The molecule has 12 heteroatoms. The lowest BCUT2D eigenvalue weighted by Gasteiger charge is -2.55. The molecule has 1 aliphatic carbocycles. The molecule has 0 radical (unpaired) electrons. The Morgan fingerprint density at radius 3 is 2.29 bits per heavy atom. The van der Waals surface area contributed by atoms with E-state index in [9.17, 15) is 30.8 Å². The summed E-state index contributed by atoms with van der Waals surface area (Å²) in [4.78, 5) is 14.5. The van der Waals surface area contributed by atoms with Crippen molar-refractivity contribution in [3.63, 3.8) is 0 Å². The average molecular weight is 528 g/mol. The number of rotatable bonds is 7. The summed E-state index contributed by atoms with van der Waals surface area (Å²) in [5.74, 6) is -10.2. The summed E-state index contributed by atoms with van der Waals surface area (Å²) in [6, 6.07) is 8.12. The largest absolute Gasteiger partial charge is 0.334 e. The van der Waals surface area contributed by atoms with Crippen LogP contribution in [0.3, 0.4) is 0 Å². The molecule has 0 bridgehead atoms. The Morgan fingerprint density at radius 1 is 1.18 bits per heavy atom. The van der Waals surface area contributed by atoms with Crippen LogP contribution in [0.2, 0.25) is 0 Å². The summed E-state index contributed by atoms with van der Waals surface area (Å²) in [5.41, 5.74) is -2.36. The van der Waals surface area contributed by atoms with Gasteiger partial charge in [0.1, 0.15) is 5.50 Å². The molecule has 2 fully saturated rings. The van der Waals surface area contributed by atoms with Gasteiger partial charge in [-0.2, -0.15) is 4.31 Å². The van der Waals surface area contributed by atoms with Crippen molar-refractivity contribution in [1.82, 2.24) is 14.5 Å². The first-order chi connectivity index (χ1) is 15.7. The molecule has 3 atom stereocenters. The zero-order valence-corrected chi connectivity index (χ0v) is 20.7. The highest BCUT2D eigenvalue weighted by Gasteiger charge is 2.62. The first-order valence-electron chi connectivity index (χ1n) is 11.2. The number of nitrogens with one attached hydrogen (secondary N) is 1. The van der Waals surface area contributed by atoms with Crippen molar-refractivity contribution in [1.29, 1.82) is 0 Å². The van der Waals surface area contributed by atoms with Crippen LogP contribution in [0.5, 0.6) is 0 Å². The molecule has 6 nitrogen and oxygen atoms in total. The quantitative estimate of drug-likeness (QED) is 0.333. The van der Waals surface area contributed by atoms with Gasteiger partial charge in [-0.25, -0.2) is 26.0 Å². The summed E-state index contributed by atoms with van der Waals surface area (Å²) < 4.78 is 83.7. The van der Waals surface area contributed by atoms with E-state index in [1.165, 1.54) is 11.2 Å². The van der Waals surface area contributed by atoms with E-state index >= 15 is 0 Å². The minimum absolute atomic E-state index is 0.0811. The second kappa shape index (κ2) is 9.91. The van der Waals surface area contributed by atoms with E-state index in [2.05, 4.69) is 5.32 Å². The lowest BCUT2D eigenvalue weighted by Crippen LogP contribution is -2.68. The number of carbonyl (C=O) groups is 1. The normalized spacial score (nSPS) is 27.8. The number of benzene rings is 1. The summed E-state index contributed by atoms with van der Waals surface area (Å²) in [7, 11) is -3.46. The fourth-order valence-corrected chi connectivity index (χ4v) is 6.43. The van der Waals surface area contributed by atoms with Gasteiger partial charge in [-0.1, -0.05) is 29.8 Å². The zero-order valence-electron chi connectivity index (χ0n) is 19.1. The summed E-state index contributed by atoms with van der Waals surface area (Å²) in [6.45, 7) is 2.40. The van der Waals surface area contributed by atoms with Gasteiger partial charge < -0.3 is 5.32 Å². The van der Waals surface area contributed by atoms with Gasteiger partial charge in [0.05, 0.1) is 17.2 Å². The Hall–Kier alpha value is -1.43. The number of hydrogen-bond acceptors (Lipinski definition) is 4. The Labute approximate surface area is 202 Å². The Morgan fingerprint density at radius 2 is 1.76 bits per heavy atom. The van der Waals surface area contributed by atoms with Crippen molar-refractivity contribution >= 4 is 27.5 Å². The maximum Gasteiger partial charge on any atom is 0.256 e. The topological polar surface area (TPSA) is 69.7 Å². The lowest BCUT2D eigenvalue weighted by molar-refractivity contribution is -0.207. The molecular weight excluding hydrogens is 498 g/mol. The van der Waals surface area contributed by atoms with Crippen LogP contribution in [0.1, 0.15) is 43.5 Å². The van der Waals surface area contributed by atoms with E-state index in [0.29, 0.717) is 12.5 Å². The number of amides is 1. The minimum Gasteiger partial charge on any atom is -0.334 e. The number of nitrogens with zero attached hydrogens (tertiary/aromatic N) is 2. The fraction of sp³-hybridized carbons (Fsp3) is 0.682. The van der Waals surface area contributed by atoms with E-state index < -0.39 is 57.6 Å². The molecule has 192 valence electrons. The van der Waals surface area contributed by atoms with Crippen molar-refractivity contribution in [2.45, 2.75) is 56.0 Å². The molecule has 1 aromatic rings. The summed E-state index contributed by atoms with van der Waals surface area (Å²) in [6.07, 6.45) is -1.69. The molecule has 1 saturated carbocycles. The van der Waals surface area contributed by atoms with E-state index in [4.69, 9.17) is 11.6 Å². The maximum atomic E-state index is 14.6. The lowest BCUT2D eigenvalue weighted by atomic mass is 9.69. The molecule has 1 aromatic carbocycles. The molecule has 2 aliphatic rings. The van der Waals surface area contributed by atoms with E-state index in [0.717, 1.165) is 0 Å². The van der Waals surface area contributed by atoms with Crippen molar-refractivity contribution < 1.29 is 30.8 Å². The number of halogens is 5. The minimum atomic E-state index is -3.68. The van der Waals surface area contributed by atoms with Gasteiger partial charge in [-0.3, -0.25) is 9.69 Å². The van der Waals surface area contributed by atoms with E-state index in [-0.39, 0.29) is 38.4 Å². The van der Waals surface area contributed by atoms with Gasteiger partial charge in [0.25, 0.3) is 17.8 Å². The molecule has 1 saturated heterocycles. The van der Waals surface area contributed by atoms with Crippen molar-refractivity contribution in [2.24, 2.45) is 5.92 Å². The van der Waals surface area contributed by atoms with E-state index in [1.807, 2.05) is 0 Å². The van der Waals surface area contributed by atoms with E-state index in [1.54, 1.807) is 35.2 Å². The van der Waals surface area contributed by atoms with Crippen LogP contribution in [-0.4, -0.2) is 78.3 Å². The average Bonchev–Trinajstić information content (AvgIpc) is 2.79. The van der Waals surface area contributed by atoms with Crippen LogP contribution < -0.4 is 5.32 Å². The van der Waals surface area contributed by atoms with Crippen LogP contribution in [0.15, 0.2) is 30.3 Å². The molecule has 0 spiro atoms. The number of hydrogen-bond donors (Lipinski definition) is 1. The van der Waals surface area contributed by atoms with Crippen molar-refractivity contribution in [3.05, 3.63) is 35.9 Å². The molecule has 1 heterocycles. The third-order valence-electron chi connectivity index (χ3n) is 6.96. The van der Waals surface area contributed by atoms with Gasteiger partial charge >= 0.3 is 0 Å². The Kier molecular flexibility index (Phi) is 7.91. The monoisotopic (exact) mass is 527 g/mol. The third-order valence-corrected chi connectivity index (χ3v) is 9.36. The smallest absolute Gasteiger partial charge is 0.256 e. The van der Waals surface area contributed by atoms with Crippen LogP contribution in [0, 0.1) is 5.92 Å². The Bertz CT molecular complexity index is 969. The molecule has 1 N–H and O–H groups in total. The highest BCUT2D eigenvalue weighted by atomic mass is 35.5. The van der Waals surface area contributed by atoms with Gasteiger partial charge in [-0.15, -0.1) is 0 Å². The van der Waals surface area contributed by atoms with Crippen molar-refractivity contribution in [2.75, 3.05) is 31.9 Å². The third kappa shape index (κ3) is 5.52. The predicted octanol–water partition coefficient (Wildman–Crippen LogP) is 3.78. The highest BCUT2D eigenvalue weighted by molar-refractivity contribution is 7.89. The van der Waals surface area contributed by atoms with Crippen LogP contribution >= 0.6 is 11.6 Å². The Balaban J connectivity index is 1.91. The van der Waals surface area contributed by atoms with Gasteiger partial charge in [0.15, 0.2) is 0 Å². The SMILES string of the molecule is CCS(=O)(=O)N1CCN(C2(C(Cl)NC(=O)c3ccccc3)CCC(F)(F)C(C(C)(F)F)C2)CC1. The molecule has 1 amide bonds. The summed E-state index contributed by atoms with van der Waals surface area (Å²) >= 11 is 6.66.